The van der Waals surface area contributed by atoms with E-state index in [-0.39, 0.29) is 35.6 Å². The summed E-state index contributed by atoms with van der Waals surface area (Å²) in [6.07, 6.45) is 0.215. The molecule has 248 valence electrons. The third-order valence-corrected chi connectivity index (χ3v) is 10.3. The number of nitrogens with one attached hydrogen (secondary N) is 1. The lowest BCUT2D eigenvalue weighted by molar-refractivity contribution is -0.140. The van der Waals surface area contributed by atoms with Crippen LogP contribution in [0.5, 0.6) is 0 Å². The fourth-order valence-corrected chi connectivity index (χ4v) is 6.84. The third kappa shape index (κ3) is 9.60. The Bertz CT molecular complexity index is 1750. The number of carbonyl (C=O) groups excluding carboxylic acids is 2. The number of halogens is 2. The Morgan fingerprint density at radius 2 is 1.38 bits per heavy atom. The number of carbonyl (C=O) groups is 2. The summed E-state index contributed by atoms with van der Waals surface area (Å²) in [5.74, 6) is -0.482. The van der Waals surface area contributed by atoms with Crippen molar-refractivity contribution in [3.05, 3.63) is 130 Å². The van der Waals surface area contributed by atoms with E-state index >= 15 is 0 Å². The number of anilines is 1. The Hall–Kier alpha value is -3.85. The van der Waals surface area contributed by atoms with Crippen LogP contribution < -0.4 is 9.62 Å². The maximum atomic E-state index is 14.6. The van der Waals surface area contributed by atoms with Gasteiger partial charge in [-0.15, -0.1) is 0 Å². The van der Waals surface area contributed by atoms with Gasteiger partial charge in [0, 0.05) is 19.5 Å². The summed E-state index contributed by atoms with van der Waals surface area (Å²) in [7, 11) is -4.18. The summed E-state index contributed by atoms with van der Waals surface area (Å²) in [4.78, 5) is 30.0. The van der Waals surface area contributed by atoms with Crippen molar-refractivity contribution in [2.75, 3.05) is 17.4 Å². The maximum absolute atomic E-state index is 14.6. The molecule has 0 aromatic heterocycles. The molecule has 0 radical (unpaired) electrons. The topological polar surface area (TPSA) is 86.8 Å². The number of benzene rings is 4. The number of nitrogens with zero attached hydrogens (tertiary/aromatic N) is 2. The molecule has 7 nitrogen and oxygen atoms in total. The van der Waals surface area contributed by atoms with Crippen molar-refractivity contribution in [3.8, 4) is 0 Å². The van der Waals surface area contributed by atoms with E-state index in [1.54, 1.807) is 48.5 Å². The van der Waals surface area contributed by atoms with Crippen LogP contribution in [-0.2, 0) is 32.6 Å². The second-order valence-electron chi connectivity index (χ2n) is 12.2. The molecular weight excluding hydrogens is 653 g/mol. The lowest BCUT2D eigenvalue weighted by Crippen LogP contribution is -2.53. The Morgan fingerprint density at radius 3 is 1.96 bits per heavy atom. The van der Waals surface area contributed by atoms with E-state index < -0.39 is 28.5 Å². The van der Waals surface area contributed by atoms with Crippen molar-refractivity contribution < 1.29 is 18.0 Å². The van der Waals surface area contributed by atoms with Gasteiger partial charge in [-0.3, -0.25) is 13.9 Å². The largest absolute Gasteiger partial charge is 0.354 e. The van der Waals surface area contributed by atoms with Gasteiger partial charge in [-0.25, -0.2) is 8.42 Å². The van der Waals surface area contributed by atoms with Gasteiger partial charge in [0.25, 0.3) is 10.0 Å². The van der Waals surface area contributed by atoms with Crippen LogP contribution in [0.25, 0.3) is 0 Å². The van der Waals surface area contributed by atoms with Gasteiger partial charge in [0.15, 0.2) is 0 Å². The number of hydrogen-bond acceptors (Lipinski definition) is 4. The predicted octanol–water partition coefficient (Wildman–Crippen LogP) is 7.72. The second-order valence-corrected chi connectivity index (χ2v) is 14.9. The number of sulfonamides is 1. The molecule has 0 aliphatic heterocycles. The number of amides is 2. The highest BCUT2D eigenvalue weighted by Crippen LogP contribution is 2.28. The highest BCUT2D eigenvalue weighted by atomic mass is 35.5. The Kier molecular flexibility index (Phi) is 12.5. The van der Waals surface area contributed by atoms with Gasteiger partial charge >= 0.3 is 0 Å². The van der Waals surface area contributed by atoms with Gasteiger partial charge in [0.05, 0.1) is 20.6 Å². The van der Waals surface area contributed by atoms with E-state index in [1.807, 2.05) is 56.3 Å². The molecule has 47 heavy (non-hydrogen) atoms. The highest BCUT2D eigenvalue weighted by Gasteiger charge is 2.34. The number of rotatable bonds is 14. The predicted molar refractivity (Wildman–Crippen MR) is 190 cm³/mol. The van der Waals surface area contributed by atoms with E-state index in [1.165, 1.54) is 17.0 Å². The van der Waals surface area contributed by atoms with Gasteiger partial charge in [0.2, 0.25) is 11.8 Å². The van der Waals surface area contributed by atoms with Crippen LogP contribution in [0, 0.1) is 5.92 Å². The molecule has 0 saturated carbocycles. The fourth-order valence-electron chi connectivity index (χ4n) is 5.09. The smallest absolute Gasteiger partial charge is 0.264 e. The van der Waals surface area contributed by atoms with E-state index in [4.69, 9.17) is 23.2 Å². The Morgan fingerprint density at radius 1 is 0.766 bits per heavy atom. The molecule has 4 rings (SSSR count). The third-order valence-electron chi connectivity index (χ3n) is 7.75. The van der Waals surface area contributed by atoms with Crippen LogP contribution in [0.15, 0.2) is 108 Å². The quantitative estimate of drug-likeness (QED) is 0.147. The first-order valence-corrected chi connectivity index (χ1v) is 17.8. The van der Waals surface area contributed by atoms with E-state index in [9.17, 15) is 18.0 Å². The molecule has 0 bridgehead atoms. The SMILES string of the molecule is CC(C)CNC(=O)C(Cc1ccccc1)N(Cc1ccc(Cl)c(Cl)c1)C(=O)CN(c1ccc(C(C)C)cc1)S(=O)(=O)c1ccccc1. The number of hydrogen-bond donors (Lipinski definition) is 1. The molecule has 0 spiro atoms. The van der Waals surface area contributed by atoms with Crippen LogP contribution in [0.2, 0.25) is 10.0 Å². The Balaban J connectivity index is 1.81. The minimum atomic E-state index is -4.18. The van der Waals surface area contributed by atoms with Crippen LogP contribution in [-0.4, -0.2) is 44.3 Å². The van der Waals surface area contributed by atoms with Crippen LogP contribution in [0.3, 0.4) is 0 Å². The summed E-state index contributed by atoms with van der Waals surface area (Å²) >= 11 is 12.6. The van der Waals surface area contributed by atoms with Crippen molar-refractivity contribution >= 4 is 50.7 Å². The molecular formula is C37H41Cl2N3O4S. The van der Waals surface area contributed by atoms with Crippen LogP contribution in [0.1, 0.15) is 50.3 Å². The highest BCUT2D eigenvalue weighted by molar-refractivity contribution is 7.92. The normalized spacial score (nSPS) is 12.2. The Labute approximate surface area is 288 Å². The standard InChI is InChI=1S/C37H41Cl2N3O4S/c1-26(2)23-40-37(44)35(22-28-11-7-5-8-12-28)41(24-29-15-20-33(38)34(39)21-29)36(43)25-42(31-18-16-30(17-19-31)27(3)4)47(45,46)32-13-9-6-10-14-32/h5-21,26-27,35H,22-25H2,1-4H3,(H,40,44). The van der Waals surface area contributed by atoms with Crippen molar-refractivity contribution in [3.63, 3.8) is 0 Å². The van der Waals surface area contributed by atoms with E-state index in [2.05, 4.69) is 19.2 Å². The summed E-state index contributed by atoms with van der Waals surface area (Å²) in [6, 6.07) is 28.7. The van der Waals surface area contributed by atoms with Gasteiger partial charge in [0.1, 0.15) is 12.6 Å². The summed E-state index contributed by atoms with van der Waals surface area (Å²) in [5.41, 5.74) is 2.86. The molecule has 10 heteroatoms. The lowest BCUT2D eigenvalue weighted by Gasteiger charge is -2.34. The minimum Gasteiger partial charge on any atom is -0.354 e. The van der Waals surface area contributed by atoms with Crippen molar-refractivity contribution in [1.82, 2.24) is 10.2 Å². The van der Waals surface area contributed by atoms with Crippen LogP contribution in [0.4, 0.5) is 5.69 Å². The van der Waals surface area contributed by atoms with Gasteiger partial charge in [-0.2, -0.15) is 0 Å². The first kappa shape index (κ1) is 36.0. The minimum absolute atomic E-state index is 0.00612. The van der Waals surface area contributed by atoms with Crippen LogP contribution >= 0.6 is 23.2 Å². The molecule has 0 heterocycles. The van der Waals surface area contributed by atoms with Crippen molar-refractivity contribution in [1.29, 1.82) is 0 Å². The first-order valence-electron chi connectivity index (χ1n) is 15.6. The molecule has 4 aromatic rings. The zero-order chi connectivity index (χ0) is 34.1. The van der Waals surface area contributed by atoms with Gasteiger partial charge in [-0.05, 0) is 64.9 Å². The van der Waals surface area contributed by atoms with E-state index in [0.29, 0.717) is 27.8 Å². The summed E-state index contributed by atoms with van der Waals surface area (Å²) in [6.45, 7) is 7.94. The van der Waals surface area contributed by atoms with Gasteiger partial charge < -0.3 is 10.2 Å². The molecule has 2 amide bonds. The average Bonchev–Trinajstić information content (AvgIpc) is 3.06. The summed E-state index contributed by atoms with van der Waals surface area (Å²) in [5, 5.41) is 3.65. The molecule has 1 unspecified atom stereocenters. The lowest BCUT2D eigenvalue weighted by atomic mass is 10.0. The van der Waals surface area contributed by atoms with Crippen molar-refractivity contribution in [2.45, 2.75) is 57.5 Å². The van der Waals surface area contributed by atoms with E-state index in [0.717, 1.165) is 15.4 Å². The molecule has 1 N–H and O–H groups in total. The average molecular weight is 695 g/mol. The second kappa shape index (κ2) is 16.3. The van der Waals surface area contributed by atoms with Crippen molar-refractivity contribution in [2.24, 2.45) is 5.92 Å². The molecule has 0 saturated heterocycles. The molecule has 0 aliphatic rings. The zero-order valence-corrected chi connectivity index (χ0v) is 29.4. The zero-order valence-electron chi connectivity index (χ0n) is 27.1. The van der Waals surface area contributed by atoms with Gasteiger partial charge in [-0.1, -0.05) is 118 Å². The molecule has 4 aromatic carbocycles. The maximum Gasteiger partial charge on any atom is 0.264 e. The monoisotopic (exact) mass is 693 g/mol. The molecule has 1 atom stereocenters. The summed E-state index contributed by atoms with van der Waals surface area (Å²) < 4.78 is 29.4. The molecule has 0 aliphatic carbocycles. The fraction of sp³-hybridized carbons (Fsp3) is 0.297. The first-order chi connectivity index (χ1) is 22.4. The molecule has 0 fully saturated rings.